The van der Waals surface area contributed by atoms with Crippen LogP contribution >= 0.6 is 35.5 Å². The molecule has 0 aliphatic carbocycles. The fourth-order valence-electron chi connectivity index (χ4n) is 2.39. The summed E-state index contributed by atoms with van der Waals surface area (Å²) in [6.45, 7) is 13.5. The third-order valence-corrected chi connectivity index (χ3v) is 4.86. The molecule has 1 saturated heterocycles. The van der Waals surface area contributed by atoms with Gasteiger partial charge in [-0.3, -0.25) is 4.99 Å². The van der Waals surface area contributed by atoms with Crippen LogP contribution in [0.15, 0.2) is 4.99 Å². The van der Waals surface area contributed by atoms with Gasteiger partial charge in [-0.2, -0.15) is 4.37 Å². The van der Waals surface area contributed by atoms with Crippen molar-refractivity contribution in [1.82, 2.24) is 19.6 Å². The van der Waals surface area contributed by atoms with Crippen LogP contribution in [0.25, 0.3) is 0 Å². The fourth-order valence-corrected chi connectivity index (χ4v) is 3.19. The molecule has 0 aromatic carbocycles. The van der Waals surface area contributed by atoms with Crippen molar-refractivity contribution in [2.75, 3.05) is 50.8 Å². The van der Waals surface area contributed by atoms with Gasteiger partial charge in [0.2, 0.25) is 5.13 Å². The molecule has 1 aliphatic heterocycles. The highest BCUT2D eigenvalue weighted by Crippen LogP contribution is 2.19. The van der Waals surface area contributed by atoms with Crippen LogP contribution in [0.2, 0.25) is 0 Å². The Hall–Kier alpha value is -0.680. The maximum absolute atomic E-state index is 9.41. The van der Waals surface area contributed by atoms with Crippen LogP contribution in [0, 0.1) is 5.41 Å². The first kappa shape index (κ1) is 22.4. The van der Waals surface area contributed by atoms with Crippen molar-refractivity contribution in [3.63, 3.8) is 0 Å². The molecule has 1 aromatic heterocycles. The van der Waals surface area contributed by atoms with E-state index in [1.165, 1.54) is 11.5 Å². The Bertz CT molecular complexity index is 542. The van der Waals surface area contributed by atoms with Crippen LogP contribution in [0.5, 0.6) is 0 Å². The number of hydrogen-bond donors (Lipinski definition) is 2. The van der Waals surface area contributed by atoms with E-state index in [-0.39, 0.29) is 36.0 Å². The van der Waals surface area contributed by atoms with Gasteiger partial charge in [0.1, 0.15) is 5.82 Å². The van der Waals surface area contributed by atoms with Gasteiger partial charge < -0.3 is 20.2 Å². The molecule has 9 heteroatoms. The van der Waals surface area contributed by atoms with Crippen LogP contribution in [0.3, 0.4) is 0 Å². The third-order valence-electron chi connectivity index (χ3n) is 4.04. The molecule has 7 nitrogen and oxygen atoms in total. The molecule has 1 aromatic rings. The lowest BCUT2D eigenvalue weighted by molar-refractivity contribution is 0.166. The van der Waals surface area contributed by atoms with E-state index in [9.17, 15) is 5.11 Å². The number of piperazine rings is 1. The van der Waals surface area contributed by atoms with Gasteiger partial charge in [0, 0.05) is 62.7 Å². The van der Waals surface area contributed by atoms with E-state index in [0.717, 1.165) is 56.1 Å². The van der Waals surface area contributed by atoms with Crippen LogP contribution in [0.1, 0.15) is 33.5 Å². The molecule has 144 valence electrons. The second-order valence-corrected chi connectivity index (χ2v) is 7.54. The molecule has 0 bridgehead atoms. The molecule has 0 amide bonds. The van der Waals surface area contributed by atoms with E-state index < -0.39 is 0 Å². The summed E-state index contributed by atoms with van der Waals surface area (Å²) >= 11 is 1.49. The predicted octanol–water partition coefficient (Wildman–Crippen LogP) is 1.82. The van der Waals surface area contributed by atoms with Crippen molar-refractivity contribution in [3.8, 4) is 0 Å². The minimum atomic E-state index is -0.189. The van der Waals surface area contributed by atoms with Gasteiger partial charge in [-0.25, -0.2) is 4.98 Å². The maximum atomic E-state index is 9.41. The Balaban J connectivity index is 0.00000312. The molecule has 0 atom stereocenters. The van der Waals surface area contributed by atoms with Gasteiger partial charge in [-0.05, 0) is 6.92 Å². The van der Waals surface area contributed by atoms with Crippen molar-refractivity contribution in [2.45, 2.75) is 34.1 Å². The molecular formula is C16H31IN6OS. The van der Waals surface area contributed by atoms with Crippen LogP contribution in [-0.2, 0) is 6.42 Å². The van der Waals surface area contributed by atoms with E-state index >= 15 is 0 Å². The number of aliphatic hydroxyl groups is 1. The SMILES string of the molecule is CCNC(=NCC(C)(C)CO)N1CCN(c2nc(CC)ns2)CC1.I. The summed E-state index contributed by atoms with van der Waals surface area (Å²) in [5.74, 6) is 1.86. The number of aryl methyl sites for hydroxylation is 1. The van der Waals surface area contributed by atoms with Gasteiger partial charge in [-0.15, -0.1) is 24.0 Å². The van der Waals surface area contributed by atoms with E-state index in [0.29, 0.717) is 6.54 Å². The fraction of sp³-hybridized carbons (Fsp3) is 0.812. The first-order chi connectivity index (χ1) is 11.5. The number of halogens is 1. The Kier molecular flexibility index (Phi) is 9.36. The van der Waals surface area contributed by atoms with Gasteiger partial charge in [0.05, 0.1) is 6.54 Å². The lowest BCUT2D eigenvalue weighted by atomic mass is 9.95. The number of nitrogens with one attached hydrogen (secondary N) is 1. The highest BCUT2D eigenvalue weighted by Gasteiger charge is 2.23. The summed E-state index contributed by atoms with van der Waals surface area (Å²) in [6, 6.07) is 0. The van der Waals surface area contributed by atoms with E-state index in [4.69, 9.17) is 4.99 Å². The summed E-state index contributed by atoms with van der Waals surface area (Å²) in [5, 5.41) is 13.8. The highest BCUT2D eigenvalue weighted by molar-refractivity contribution is 14.0. The largest absolute Gasteiger partial charge is 0.396 e. The highest BCUT2D eigenvalue weighted by atomic mass is 127. The number of anilines is 1. The summed E-state index contributed by atoms with van der Waals surface area (Å²) < 4.78 is 4.37. The number of aliphatic imine (C=N–C) groups is 1. The summed E-state index contributed by atoms with van der Waals surface area (Å²) in [6.07, 6.45) is 0.883. The minimum absolute atomic E-state index is 0. The van der Waals surface area contributed by atoms with Crippen molar-refractivity contribution in [2.24, 2.45) is 10.4 Å². The summed E-state index contributed by atoms with van der Waals surface area (Å²) in [7, 11) is 0. The Labute approximate surface area is 172 Å². The van der Waals surface area contributed by atoms with Crippen molar-refractivity contribution >= 4 is 46.6 Å². The topological polar surface area (TPSA) is 76.9 Å². The molecule has 0 radical (unpaired) electrons. The Morgan fingerprint density at radius 3 is 2.48 bits per heavy atom. The predicted molar refractivity (Wildman–Crippen MR) is 115 cm³/mol. The molecule has 1 fully saturated rings. The molecule has 2 N–H and O–H groups in total. The van der Waals surface area contributed by atoms with Crippen molar-refractivity contribution in [1.29, 1.82) is 0 Å². The molecule has 2 rings (SSSR count). The normalized spacial score (nSPS) is 16.0. The monoisotopic (exact) mass is 482 g/mol. The molecule has 0 saturated carbocycles. The van der Waals surface area contributed by atoms with Gasteiger partial charge in [-0.1, -0.05) is 20.8 Å². The van der Waals surface area contributed by atoms with Crippen LogP contribution < -0.4 is 10.2 Å². The van der Waals surface area contributed by atoms with E-state index in [2.05, 4.69) is 38.3 Å². The zero-order valence-electron chi connectivity index (χ0n) is 15.7. The third kappa shape index (κ3) is 6.52. The first-order valence-corrected chi connectivity index (χ1v) is 9.48. The van der Waals surface area contributed by atoms with Crippen molar-refractivity contribution < 1.29 is 5.11 Å². The second kappa shape index (κ2) is 10.5. The molecular weight excluding hydrogens is 451 g/mol. The summed E-state index contributed by atoms with van der Waals surface area (Å²) in [4.78, 5) is 13.9. The summed E-state index contributed by atoms with van der Waals surface area (Å²) in [5.41, 5.74) is -0.189. The average molecular weight is 482 g/mol. The zero-order valence-corrected chi connectivity index (χ0v) is 18.8. The van der Waals surface area contributed by atoms with E-state index in [1.54, 1.807) is 0 Å². The lowest BCUT2D eigenvalue weighted by Gasteiger charge is -2.36. The number of guanidine groups is 1. The maximum Gasteiger partial charge on any atom is 0.205 e. The number of aliphatic hydroxyl groups excluding tert-OH is 1. The minimum Gasteiger partial charge on any atom is -0.396 e. The number of nitrogens with zero attached hydrogens (tertiary/aromatic N) is 5. The lowest BCUT2D eigenvalue weighted by Crippen LogP contribution is -2.52. The van der Waals surface area contributed by atoms with Crippen LogP contribution in [-0.4, -0.2) is 71.2 Å². The van der Waals surface area contributed by atoms with E-state index in [1.807, 2.05) is 13.8 Å². The van der Waals surface area contributed by atoms with Crippen molar-refractivity contribution in [3.05, 3.63) is 5.82 Å². The van der Waals surface area contributed by atoms with Gasteiger partial charge >= 0.3 is 0 Å². The van der Waals surface area contributed by atoms with Gasteiger partial charge in [0.25, 0.3) is 0 Å². The smallest absolute Gasteiger partial charge is 0.205 e. The average Bonchev–Trinajstić information content (AvgIpc) is 3.08. The molecule has 25 heavy (non-hydrogen) atoms. The standard InChI is InChI=1S/C16H30N6OS.HI/c1-5-13-19-15(24-20-13)22-9-7-21(8-10-22)14(17-6-2)18-11-16(3,4)12-23;/h23H,5-12H2,1-4H3,(H,17,18);1H. The Morgan fingerprint density at radius 1 is 1.28 bits per heavy atom. The molecule has 0 spiro atoms. The molecule has 1 aliphatic rings. The first-order valence-electron chi connectivity index (χ1n) is 8.70. The number of rotatable bonds is 6. The quantitative estimate of drug-likeness (QED) is 0.366. The molecule has 0 unspecified atom stereocenters. The second-order valence-electron chi connectivity index (χ2n) is 6.81. The van der Waals surface area contributed by atoms with Crippen LogP contribution in [0.4, 0.5) is 5.13 Å². The van der Waals surface area contributed by atoms with Gasteiger partial charge in [0.15, 0.2) is 5.96 Å². The number of aromatic nitrogens is 2. The number of hydrogen-bond acceptors (Lipinski definition) is 6. The zero-order chi connectivity index (χ0) is 17.6. The Morgan fingerprint density at radius 2 is 1.96 bits per heavy atom. The molecule has 2 heterocycles.